The molecule has 2 atom stereocenters. The Bertz CT molecular complexity index is 806. The van der Waals surface area contributed by atoms with Gasteiger partial charge in [-0.2, -0.15) is 0 Å². The van der Waals surface area contributed by atoms with E-state index in [0.29, 0.717) is 6.42 Å². The van der Waals surface area contributed by atoms with Crippen molar-refractivity contribution in [1.29, 1.82) is 0 Å². The number of hydrogen-bond donors (Lipinski definition) is 0. The zero-order valence-electron chi connectivity index (χ0n) is 15.0. The average molecular weight is 350 g/mol. The van der Waals surface area contributed by atoms with E-state index in [4.69, 9.17) is 9.47 Å². The third-order valence-electron chi connectivity index (χ3n) is 4.69. The van der Waals surface area contributed by atoms with Gasteiger partial charge in [-0.05, 0) is 48.3 Å². The van der Waals surface area contributed by atoms with Gasteiger partial charge in [0.05, 0.1) is 13.7 Å². The summed E-state index contributed by atoms with van der Waals surface area (Å²) in [5.74, 6) is -0.984. The van der Waals surface area contributed by atoms with Crippen LogP contribution in [0, 0.1) is 5.92 Å². The number of benzene rings is 2. The lowest BCUT2D eigenvalue weighted by molar-refractivity contribution is -0.151. The Morgan fingerprint density at radius 2 is 1.77 bits per heavy atom. The molecule has 0 radical (unpaired) electrons. The molecule has 0 bridgehead atoms. The van der Waals surface area contributed by atoms with Gasteiger partial charge < -0.3 is 9.47 Å². The highest BCUT2D eigenvalue weighted by molar-refractivity contribution is 6.10. The number of hydrogen-bond acceptors (Lipinski definition) is 4. The van der Waals surface area contributed by atoms with E-state index in [0.717, 1.165) is 22.4 Å². The summed E-state index contributed by atoms with van der Waals surface area (Å²) in [7, 11) is 1.61. The first-order valence-corrected chi connectivity index (χ1v) is 8.74. The summed E-state index contributed by atoms with van der Waals surface area (Å²) in [5.41, 5.74) is 2.87. The lowest BCUT2D eigenvalue weighted by Gasteiger charge is -2.29. The van der Waals surface area contributed by atoms with Crippen molar-refractivity contribution in [2.75, 3.05) is 13.7 Å². The second kappa shape index (κ2) is 8.00. The summed E-state index contributed by atoms with van der Waals surface area (Å²) < 4.78 is 10.4. The molecule has 0 heterocycles. The predicted octanol–water partition coefficient (Wildman–Crippen LogP) is 4.01. The van der Waals surface area contributed by atoms with Gasteiger partial charge in [0.25, 0.3) is 0 Å². The highest BCUT2D eigenvalue weighted by atomic mass is 16.5. The van der Waals surface area contributed by atoms with Gasteiger partial charge in [-0.15, -0.1) is 0 Å². The van der Waals surface area contributed by atoms with Crippen LogP contribution in [0.1, 0.15) is 30.4 Å². The molecule has 0 saturated carbocycles. The first kappa shape index (κ1) is 17.9. The Kier molecular flexibility index (Phi) is 5.52. The van der Waals surface area contributed by atoms with Crippen LogP contribution in [0.2, 0.25) is 0 Å². The van der Waals surface area contributed by atoms with E-state index in [1.807, 2.05) is 54.6 Å². The van der Waals surface area contributed by atoms with Gasteiger partial charge in [-0.3, -0.25) is 9.59 Å². The highest BCUT2D eigenvalue weighted by Crippen LogP contribution is 2.40. The lowest BCUT2D eigenvalue weighted by Crippen LogP contribution is -2.34. The molecule has 2 aromatic carbocycles. The van der Waals surface area contributed by atoms with Gasteiger partial charge in [-0.1, -0.05) is 42.5 Å². The maximum Gasteiger partial charge on any atom is 0.317 e. The van der Waals surface area contributed by atoms with Crippen molar-refractivity contribution in [2.24, 2.45) is 5.92 Å². The van der Waals surface area contributed by atoms with Crippen LogP contribution in [0.25, 0.3) is 5.57 Å². The second-order valence-electron chi connectivity index (χ2n) is 6.25. The number of carbonyl (C=O) groups is 2. The number of ether oxygens (including phenoxy) is 2. The summed E-state index contributed by atoms with van der Waals surface area (Å²) in [4.78, 5) is 25.3. The topological polar surface area (TPSA) is 52.6 Å². The fourth-order valence-corrected chi connectivity index (χ4v) is 3.40. The van der Waals surface area contributed by atoms with Crippen molar-refractivity contribution >= 4 is 17.3 Å². The van der Waals surface area contributed by atoms with Crippen molar-refractivity contribution in [2.45, 2.75) is 19.3 Å². The fraction of sp³-hybridized carbons (Fsp3) is 0.273. The molecule has 1 aliphatic rings. The van der Waals surface area contributed by atoms with Crippen LogP contribution in [-0.4, -0.2) is 25.5 Å². The number of carbonyl (C=O) groups excluding carboxylic acids is 2. The Balaban J connectivity index is 2.00. The molecule has 3 rings (SSSR count). The summed E-state index contributed by atoms with van der Waals surface area (Å²) in [5, 5.41) is 0. The molecule has 0 spiro atoms. The molecule has 4 nitrogen and oxygen atoms in total. The van der Waals surface area contributed by atoms with Gasteiger partial charge in [-0.25, -0.2) is 0 Å². The van der Waals surface area contributed by atoms with Crippen molar-refractivity contribution in [3.63, 3.8) is 0 Å². The number of rotatable bonds is 5. The van der Waals surface area contributed by atoms with E-state index in [1.165, 1.54) is 0 Å². The summed E-state index contributed by atoms with van der Waals surface area (Å²) >= 11 is 0. The fourth-order valence-electron chi connectivity index (χ4n) is 3.40. The van der Waals surface area contributed by atoms with E-state index < -0.39 is 11.9 Å². The Hall–Kier alpha value is -2.88. The number of esters is 1. The van der Waals surface area contributed by atoms with Crippen molar-refractivity contribution < 1.29 is 19.1 Å². The summed E-state index contributed by atoms with van der Waals surface area (Å²) in [6.07, 6.45) is 2.20. The molecule has 4 heteroatoms. The minimum Gasteiger partial charge on any atom is -0.497 e. The van der Waals surface area contributed by atoms with Crippen LogP contribution < -0.4 is 4.74 Å². The normalized spacial score (nSPS) is 19.6. The molecular formula is C22H22O4. The minimum absolute atomic E-state index is 0.200. The van der Waals surface area contributed by atoms with Gasteiger partial charge in [0.15, 0.2) is 5.78 Å². The molecular weight excluding hydrogens is 328 g/mol. The van der Waals surface area contributed by atoms with Gasteiger partial charge in [0.1, 0.15) is 11.7 Å². The molecule has 2 aromatic rings. The molecule has 0 fully saturated rings. The number of allylic oxidation sites excluding steroid dienone is 2. The van der Waals surface area contributed by atoms with Crippen molar-refractivity contribution in [3.05, 3.63) is 71.8 Å². The van der Waals surface area contributed by atoms with Crippen LogP contribution in [0.5, 0.6) is 5.75 Å². The second-order valence-corrected chi connectivity index (χ2v) is 6.25. The SMILES string of the molecule is CCOC(=O)[C@@H]1C(=O)C=C(c2ccccc2)C[C@H]1c1ccc(OC)cc1. The maximum atomic E-state index is 12.8. The van der Waals surface area contributed by atoms with E-state index in [1.54, 1.807) is 20.1 Å². The van der Waals surface area contributed by atoms with E-state index in [9.17, 15) is 9.59 Å². The van der Waals surface area contributed by atoms with Crippen LogP contribution in [-0.2, 0) is 14.3 Å². The zero-order chi connectivity index (χ0) is 18.5. The molecule has 1 aliphatic carbocycles. The quantitative estimate of drug-likeness (QED) is 0.604. The molecule has 134 valence electrons. The van der Waals surface area contributed by atoms with Crippen molar-refractivity contribution in [3.8, 4) is 5.75 Å². The molecule has 0 unspecified atom stereocenters. The largest absolute Gasteiger partial charge is 0.497 e. The summed E-state index contributed by atoms with van der Waals surface area (Å²) in [6.45, 7) is 2.01. The molecule has 0 N–H and O–H groups in total. The number of methoxy groups -OCH3 is 1. The zero-order valence-corrected chi connectivity index (χ0v) is 15.0. The van der Waals surface area contributed by atoms with E-state index >= 15 is 0 Å². The minimum atomic E-state index is -0.809. The monoisotopic (exact) mass is 350 g/mol. The predicted molar refractivity (Wildman–Crippen MR) is 99.9 cm³/mol. The smallest absolute Gasteiger partial charge is 0.317 e. The van der Waals surface area contributed by atoms with Crippen LogP contribution in [0.3, 0.4) is 0 Å². The summed E-state index contributed by atoms with van der Waals surface area (Å²) in [6, 6.07) is 17.3. The van der Waals surface area contributed by atoms with E-state index in [-0.39, 0.29) is 18.3 Å². The molecule has 0 aromatic heterocycles. The Labute approximate surface area is 153 Å². The van der Waals surface area contributed by atoms with Crippen LogP contribution in [0.15, 0.2) is 60.7 Å². The first-order valence-electron chi connectivity index (χ1n) is 8.74. The molecule has 0 amide bonds. The maximum absolute atomic E-state index is 12.8. The average Bonchev–Trinajstić information content (AvgIpc) is 2.68. The Morgan fingerprint density at radius 3 is 2.38 bits per heavy atom. The Morgan fingerprint density at radius 1 is 1.08 bits per heavy atom. The molecule has 0 aliphatic heterocycles. The van der Waals surface area contributed by atoms with Crippen molar-refractivity contribution in [1.82, 2.24) is 0 Å². The standard InChI is InChI=1S/C22H22O4/c1-3-26-22(24)21-19(16-9-11-18(25-2)12-10-16)13-17(14-20(21)23)15-7-5-4-6-8-15/h4-12,14,19,21H,3,13H2,1-2H3/t19-,21-/m0/s1. The third-order valence-corrected chi connectivity index (χ3v) is 4.69. The third kappa shape index (κ3) is 3.69. The lowest BCUT2D eigenvalue weighted by atomic mass is 9.73. The number of ketones is 1. The van der Waals surface area contributed by atoms with Gasteiger partial charge in [0.2, 0.25) is 0 Å². The van der Waals surface area contributed by atoms with Gasteiger partial charge >= 0.3 is 5.97 Å². The van der Waals surface area contributed by atoms with Gasteiger partial charge in [0, 0.05) is 5.92 Å². The highest BCUT2D eigenvalue weighted by Gasteiger charge is 2.39. The van der Waals surface area contributed by atoms with Crippen LogP contribution >= 0.6 is 0 Å². The molecule has 0 saturated heterocycles. The van der Waals surface area contributed by atoms with Crippen LogP contribution in [0.4, 0.5) is 0 Å². The molecule has 26 heavy (non-hydrogen) atoms. The first-order chi connectivity index (χ1) is 12.6. The van der Waals surface area contributed by atoms with E-state index in [2.05, 4.69) is 0 Å².